The number of carbonyl (C=O) groups is 2. The molecule has 0 fully saturated rings. The standard InChI is InChI=1S/C30H35FN2O7/c1-17(2)11-25(36)33(9-7-18-5-4-6-20(31)12-18)23-15-22(30(38)32-8-10-34)26-21-13-19(16-35)14-24(39-3)28(21)40-29(26)27(23)37/h4-6,11-15,23,26-27,29,34-35,37H,7-10,16H2,1-3H3,(H,32,38). The van der Waals surface area contributed by atoms with E-state index in [1.807, 2.05) is 0 Å². The summed E-state index contributed by atoms with van der Waals surface area (Å²) < 4.78 is 25.5. The number of halogens is 1. The number of amides is 2. The van der Waals surface area contributed by atoms with Crippen LogP contribution in [0.1, 0.15) is 36.5 Å². The Morgan fingerprint density at radius 2 is 1.95 bits per heavy atom. The van der Waals surface area contributed by atoms with Crippen LogP contribution >= 0.6 is 0 Å². The third-order valence-corrected chi connectivity index (χ3v) is 7.08. The van der Waals surface area contributed by atoms with Gasteiger partial charge in [0.1, 0.15) is 18.0 Å². The van der Waals surface area contributed by atoms with Crippen molar-refractivity contribution in [2.45, 2.75) is 51.0 Å². The SMILES string of the molecule is COc1cc(CO)cc2c1OC1C2C(C(=O)NCCO)=CC(N(CCc2cccc(F)c2)C(=O)C=C(C)C)C1O. The lowest BCUT2D eigenvalue weighted by Crippen LogP contribution is -2.56. The summed E-state index contributed by atoms with van der Waals surface area (Å²) in [5.74, 6) is -1.28. The summed E-state index contributed by atoms with van der Waals surface area (Å²) in [7, 11) is 1.46. The molecule has 2 aliphatic rings. The lowest BCUT2D eigenvalue weighted by molar-refractivity contribution is -0.132. The number of ether oxygens (including phenoxy) is 2. The number of rotatable bonds is 10. The van der Waals surface area contributed by atoms with Crippen LogP contribution in [-0.2, 0) is 22.6 Å². The molecule has 2 aromatic carbocycles. The van der Waals surface area contributed by atoms with E-state index in [4.69, 9.17) is 9.47 Å². The molecule has 4 rings (SSSR count). The van der Waals surface area contributed by atoms with Gasteiger partial charge in [-0.1, -0.05) is 17.7 Å². The number of carbonyl (C=O) groups excluding carboxylic acids is 2. The molecule has 0 saturated carbocycles. The van der Waals surface area contributed by atoms with Crippen molar-refractivity contribution >= 4 is 11.8 Å². The minimum absolute atomic E-state index is 0.00841. The normalized spacial score (nSPS) is 20.9. The van der Waals surface area contributed by atoms with E-state index in [1.54, 1.807) is 44.2 Å². The third-order valence-electron chi connectivity index (χ3n) is 7.08. The van der Waals surface area contributed by atoms with Crippen LogP contribution in [-0.4, -0.2) is 77.1 Å². The van der Waals surface area contributed by atoms with Gasteiger partial charge in [-0.25, -0.2) is 4.39 Å². The van der Waals surface area contributed by atoms with Crippen molar-refractivity contribution in [1.29, 1.82) is 0 Å². The summed E-state index contributed by atoms with van der Waals surface area (Å²) in [6, 6.07) is 8.45. The second-order valence-corrected chi connectivity index (χ2v) is 10.2. The van der Waals surface area contributed by atoms with Crippen LogP contribution in [0.3, 0.4) is 0 Å². The first-order chi connectivity index (χ1) is 19.2. The van der Waals surface area contributed by atoms with Crippen molar-refractivity contribution in [2.24, 2.45) is 0 Å². The number of benzene rings is 2. The summed E-state index contributed by atoms with van der Waals surface area (Å²) in [4.78, 5) is 28.3. The first-order valence-corrected chi connectivity index (χ1v) is 13.2. The molecule has 4 N–H and O–H groups in total. The average molecular weight is 555 g/mol. The Labute approximate surface area is 232 Å². The molecule has 1 aliphatic carbocycles. The molecule has 0 spiro atoms. The third kappa shape index (κ3) is 6.04. The van der Waals surface area contributed by atoms with E-state index < -0.39 is 35.9 Å². The first-order valence-electron chi connectivity index (χ1n) is 13.2. The molecule has 2 aromatic rings. The zero-order valence-corrected chi connectivity index (χ0v) is 22.8. The number of aliphatic hydroxyl groups is 3. The lowest BCUT2D eigenvalue weighted by atomic mass is 9.77. The Hall–Kier alpha value is -3.73. The smallest absolute Gasteiger partial charge is 0.247 e. The van der Waals surface area contributed by atoms with Crippen LogP contribution in [0.2, 0.25) is 0 Å². The molecular weight excluding hydrogens is 519 g/mol. The predicted molar refractivity (Wildman–Crippen MR) is 145 cm³/mol. The maximum absolute atomic E-state index is 13.8. The van der Waals surface area contributed by atoms with E-state index in [-0.39, 0.29) is 37.8 Å². The Kier molecular flexibility index (Phi) is 9.24. The highest BCUT2D eigenvalue weighted by atomic mass is 19.1. The van der Waals surface area contributed by atoms with Gasteiger partial charge in [-0.05, 0) is 61.7 Å². The molecule has 214 valence electrons. The van der Waals surface area contributed by atoms with Crippen molar-refractivity contribution in [1.82, 2.24) is 10.2 Å². The quantitative estimate of drug-likeness (QED) is 0.331. The number of allylic oxidation sites excluding steroid dienone is 1. The van der Waals surface area contributed by atoms with Crippen molar-refractivity contribution in [3.05, 3.63) is 82.2 Å². The highest BCUT2D eigenvalue weighted by Gasteiger charge is 2.51. The molecule has 4 atom stereocenters. The fourth-order valence-electron chi connectivity index (χ4n) is 5.30. The van der Waals surface area contributed by atoms with Crippen LogP contribution in [0.5, 0.6) is 11.5 Å². The van der Waals surface area contributed by atoms with Crippen molar-refractivity contribution < 1.29 is 38.8 Å². The average Bonchev–Trinajstić information content (AvgIpc) is 3.32. The molecule has 40 heavy (non-hydrogen) atoms. The maximum atomic E-state index is 13.8. The lowest BCUT2D eigenvalue weighted by Gasteiger charge is -2.40. The topological polar surface area (TPSA) is 129 Å². The van der Waals surface area contributed by atoms with Gasteiger partial charge in [0.2, 0.25) is 11.8 Å². The zero-order valence-electron chi connectivity index (χ0n) is 22.8. The van der Waals surface area contributed by atoms with Crippen LogP contribution in [0.15, 0.2) is 59.7 Å². The monoisotopic (exact) mass is 554 g/mol. The van der Waals surface area contributed by atoms with E-state index in [0.29, 0.717) is 34.6 Å². The molecule has 10 heteroatoms. The number of hydrogen-bond donors (Lipinski definition) is 4. The molecule has 0 saturated heterocycles. The first kappa shape index (κ1) is 29.3. The summed E-state index contributed by atoms with van der Waals surface area (Å²) in [5.41, 5.74) is 2.79. The maximum Gasteiger partial charge on any atom is 0.247 e. The molecule has 4 unspecified atom stereocenters. The molecule has 1 aliphatic heterocycles. The predicted octanol–water partition coefficient (Wildman–Crippen LogP) is 1.99. The Balaban J connectivity index is 1.79. The van der Waals surface area contributed by atoms with Gasteiger partial charge >= 0.3 is 0 Å². The molecular formula is C30H35FN2O7. The van der Waals surface area contributed by atoms with E-state index in [0.717, 1.165) is 5.57 Å². The number of nitrogens with one attached hydrogen (secondary N) is 1. The zero-order chi connectivity index (χ0) is 29.0. The number of nitrogens with zero attached hydrogens (tertiary/aromatic N) is 1. The Morgan fingerprint density at radius 3 is 2.60 bits per heavy atom. The Bertz CT molecular complexity index is 1320. The summed E-state index contributed by atoms with van der Waals surface area (Å²) in [6.07, 6.45) is 1.14. The molecule has 1 heterocycles. The second-order valence-electron chi connectivity index (χ2n) is 10.2. The van der Waals surface area contributed by atoms with Crippen LogP contribution < -0.4 is 14.8 Å². The van der Waals surface area contributed by atoms with E-state index in [9.17, 15) is 29.3 Å². The fraction of sp³-hybridized carbons (Fsp3) is 0.400. The van der Waals surface area contributed by atoms with Gasteiger partial charge in [0, 0.05) is 30.3 Å². The van der Waals surface area contributed by atoms with Crippen molar-refractivity contribution in [2.75, 3.05) is 26.8 Å². The molecule has 2 amide bonds. The van der Waals surface area contributed by atoms with E-state index >= 15 is 0 Å². The van der Waals surface area contributed by atoms with Crippen LogP contribution in [0, 0.1) is 5.82 Å². The van der Waals surface area contributed by atoms with Gasteiger partial charge < -0.3 is 35.0 Å². The van der Waals surface area contributed by atoms with Crippen molar-refractivity contribution in [3.8, 4) is 11.5 Å². The fourth-order valence-corrected chi connectivity index (χ4v) is 5.30. The Morgan fingerprint density at radius 1 is 1.18 bits per heavy atom. The number of fused-ring (bicyclic) bond motifs is 3. The van der Waals surface area contributed by atoms with Gasteiger partial charge in [0.15, 0.2) is 11.5 Å². The number of aliphatic hydroxyl groups excluding tert-OH is 3. The second kappa shape index (κ2) is 12.6. The highest BCUT2D eigenvalue weighted by molar-refractivity contribution is 5.96. The minimum atomic E-state index is -1.24. The van der Waals surface area contributed by atoms with Crippen LogP contribution in [0.25, 0.3) is 0 Å². The van der Waals surface area contributed by atoms with Gasteiger partial charge in [0.05, 0.1) is 32.3 Å². The van der Waals surface area contributed by atoms with Gasteiger partial charge in [0.25, 0.3) is 0 Å². The molecule has 9 nitrogen and oxygen atoms in total. The molecule has 0 radical (unpaired) electrons. The summed E-state index contributed by atoms with van der Waals surface area (Å²) in [6.45, 7) is 3.16. The minimum Gasteiger partial charge on any atom is -0.493 e. The van der Waals surface area contributed by atoms with E-state index in [2.05, 4.69) is 5.32 Å². The molecule has 0 bridgehead atoms. The van der Waals surface area contributed by atoms with Crippen LogP contribution in [0.4, 0.5) is 4.39 Å². The highest BCUT2D eigenvalue weighted by Crippen LogP contribution is 2.51. The number of hydrogen-bond acceptors (Lipinski definition) is 7. The molecule has 0 aromatic heterocycles. The van der Waals surface area contributed by atoms with Gasteiger partial charge in [-0.3, -0.25) is 9.59 Å². The van der Waals surface area contributed by atoms with Gasteiger partial charge in [-0.2, -0.15) is 0 Å². The van der Waals surface area contributed by atoms with Crippen molar-refractivity contribution in [3.63, 3.8) is 0 Å². The largest absolute Gasteiger partial charge is 0.493 e. The van der Waals surface area contributed by atoms with E-state index in [1.165, 1.54) is 30.2 Å². The van der Waals surface area contributed by atoms with Gasteiger partial charge in [-0.15, -0.1) is 0 Å². The number of methoxy groups -OCH3 is 1. The summed E-state index contributed by atoms with van der Waals surface area (Å²) >= 11 is 0. The summed E-state index contributed by atoms with van der Waals surface area (Å²) in [5, 5.41) is 33.4.